The maximum absolute atomic E-state index is 12.3. The van der Waals surface area contributed by atoms with Gasteiger partial charge in [0.25, 0.3) is 5.91 Å². The highest BCUT2D eigenvalue weighted by Gasteiger charge is 2.13. The van der Waals surface area contributed by atoms with Crippen molar-refractivity contribution in [2.45, 2.75) is 0 Å². The first kappa shape index (κ1) is 19.8. The van der Waals surface area contributed by atoms with Crippen LogP contribution < -0.4 is 5.32 Å². The quantitative estimate of drug-likeness (QED) is 0.413. The lowest BCUT2D eigenvalue weighted by molar-refractivity contribution is -0.119. The molecule has 0 aliphatic heterocycles. The Hall–Kier alpha value is -4.46. The van der Waals surface area contributed by atoms with Crippen molar-refractivity contribution in [3.05, 3.63) is 83.9 Å². The van der Waals surface area contributed by atoms with Gasteiger partial charge < -0.3 is 20.1 Å². The molecule has 4 rings (SSSR count). The molecule has 0 unspecified atom stereocenters. The Kier molecular flexibility index (Phi) is 5.44. The van der Waals surface area contributed by atoms with Crippen molar-refractivity contribution in [2.75, 3.05) is 11.9 Å². The topological polar surface area (TPSA) is 121 Å². The van der Waals surface area contributed by atoms with Crippen LogP contribution in [0.4, 0.5) is 5.69 Å². The van der Waals surface area contributed by atoms with Crippen molar-refractivity contribution in [1.29, 1.82) is 0 Å². The van der Waals surface area contributed by atoms with E-state index >= 15 is 0 Å². The normalized spacial score (nSPS) is 10.6. The van der Waals surface area contributed by atoms with Crippen LogP contribution in [0.25, 0.3) is 22.4 Å². The van der Waals surface area contributed by atoms with Crippen LogP contribution >= 0.6 is 0 Å². The van der Waals surface area contributed by atoms with Gasteiger partial charge in [0.1, 0.15) is 5.82 Å². The van der Waals surface area contributed by atoms with Crippen LogP contribution in [-0.2, 0) is 9.53 Å². The zero-order valence-electron chi connectivity index (χ0n) is 16.2. The Balaban J connectivity index is 1.38. The largest absolute Gasteiger partial charge is 0.478 e. The number of H-pyrrole nitrogens is 1. The molecule has 1 amide bonds. The number of ether oxygens (including phenoxy) is 1. The van der Waals surface area contributed by atoms with Gasteiger partial charge in [-0.3, -0.25) is 4.79 Å². The number of hydrogen-bond acceptors (Lipinski definition) is 5. The fourth-order valence-electron chi connectivity index (χ4n) is 2.98. The molecular weight excluding hydrogens is 398 g/mol. The maximum Gasteiger partial charge on any atom is 0.338 e. The molecule has 154 valence electrons. The zero-order valence-corrected chi connectivity index (χ0v) is 16.2. The van der Waals surface area contributed by atoms with Gasteiger partial charge in [0, 0.05) is 11.3 Å². The minimum absolute atomic E-state index is 0.106. The van der Waals surface area contributed by atoms with Crippen molar-refractivity contribution < 1.29 is 24.2 Å². The molecule has 31 heavy (non-hydrogen) atoms. The van der Waals surface area contributed by atoms with Gasteiger partial charge in [-0.25, -0.2) is 14.6 Å². The second-order valence-electron chi connectivity index (χ2n) is 6.69. The van der Waals surface area contributed by atoms with Crippen LogP contribution in [0.5, 0.6) is 0 Å². The number of esters is 1. The maximum atomic E-state index is 12.3. The van der Waals surface area contributed by atoms with E-state index in [1.54, 1.807) is 18.2 Å². The molecule has 0 bridgehead atoms. The zero-order chi connectivity index (χ0) is 21.8. The van der Waals surface area contributed by atoms with E-state index in [1.165, 1.54) is 24.3 Å². The number of imidazole rings is 1. The number of carboxylic acid groups (broad SMARTS) is 1. The second-order valence-corrected chi connectivity index (χ2v) is 6.69. The van der Waals surface area contributed by atoms with Crippen molar-refractivity contribution in [2.24, 2.45) is 0 Å². The third-order valence-corrected chi connectivity index (χ3v) is 4.51. The monoisotopic (exact) mass is 415 g/mol. The third-order valence-electron chi connectivity index (χ3n) is 4.51. The average Bonchev–Trinajstić information content (AvgIpc) is 3.22. The number of fused-ring (bicyclic) bond motifs is 1. The number of carboxylic acids is 1. The Morgan fingerprint density at radius 2 is 1.65 bits per heavy atom. The summed E-state index contributed by atoms with van der Waals surface area (Å²) in [5, 5.41) is 11.4. The lowest BCUT2D eigenvalue weighted by atomic mass is 10.2. The molecular formula is C23H17N3O5. The number of rotatable bonds is 6. The van der Waals surface area contributed by atoms with Gasteiger partial charge in [-0.1, -0.05) is 30.3 Å². The molecule has 0 spiro atoms. The van der Waals surface area contributed by atoms with E-state index in [2.05, 4.69) is 15.3 Å². The number of hydrogen-bond donors (Lipinski definition) is 3. The first-order chi connectivity index (χ1) is 15.0. The van der Waals surface area contributed by atoms with Gasteiger partial charge in [0.05, 0.1) is 22.2 Å². The SMILES string of the molecule is O=C(COC(=O)c1ccc2nc(-c3ccccc3)[nH]c2c1)Nc1ccc(C(=O)O)cc1. The number of nitrogens with zero attached hydrogens (tertiary/aromatic N) is 1. The van der Waals surface area contributed by atoms with Crippen LogP contribution in [0.15, 0.2) is 72.8 Å². The van der Waals surface area contributed by atoms with E-state index in [1.807, 2.05) is 30.3 Å². The Labute approximate surface area is 176 Å². The Morgan fingerprint density at radius 1 is 0.935 bits per heavy atom. The lowest BCUT2D eigenvalue weighted by Gasteiger charge is -2.07. The number of anilines is 1. The number of nitrogens with one attached hydrogen (secondary N) is 2. The van der Waals surface area contributed by atoms with E-state index in [-0.39, 0.29) is 11.1 Å². The third kappa shape index (κ3) is 4.59. The highest BCUT2D eigenvalue weighted by Crippen LogP contribution is 2.21. The van der Waals surface area contributed by atoms with Gasteiger partial charge in [-0.2, -0.15) is 0 Å². The van der Waals surface area contributed by atoms with E-state index in [4.69, 9.17) is 9.84 Å². The van der Waals surface area contributed by atoms with Gasteiger partial charge in [0.15, 0.2) is 6.61 Å². The number of carbonyl (C=O) groups is 3. The van der Waals surface area contributed by atoms with E-state index in [9.17, 15) is 14.4 Å². The van der Waals surface area contributed by atoms with Crippen LogP contribution in [-0.4, -0.2) is 39.5 Å². The molecule has 3 N–H and O–H groups in total. The van der Waals surface area contributed by atoms with Gasteiger partial charge in [-0.05, 0) is 42.5 Å². The fraction of sp³-hybridized carbons (Fsp3) is 0.0435. The average molecular weight is 415 g/mol. The molecule has 0 aliphatic rings. The molecule has 0 radical (unpaired) electrons. The Morgan fingerprint density at radius 3 is 2.35 bits per heavy atom. The van der Waals surface area contributed by atoms with Gasteiger partial charge in [-0.15, -0.1) is 0 Å². The highest BCUT2D eigenvalue weighted by molar-refractivity contribution is 5.97. The van der Waals surface area contributed by atoms with Gasteiger partial charge >= 0.3 is 11.9 Å². The minimum atomic E-state index is -1.06. The smallest absolute Gasteiger partial charge is 0.338 e. The van der Waals surface area contributed by atoms with Crippen LogP contribution in [0.3, 0.4) is 0 Å². The molecule has 0 saturated heterocycles. The number of aromatic carboxylic acids is 1. The molecule has 8 heteroatoms. The molecule has 1 heterocycles. The van der Waals surface area contributed by atoms with E-state index in [0.29, 0.717) is 22.5 Å². The number of benzene rings is 3. The molecule has 3 aromatic carbocycles. The predicted octanol–water partition coefficient (Wildman–Crippen LogP) is 3.72. The first-order valence-electron chi connectivity index (χ1n) is 9.35. The summed E-state index contributed by atoms with van der Waals surface area (Å²) < 4.78 is 5.09. The van der Waals surface area contributed by atoms with E-state index < -0.39 is 24.5 Å². The van der Waals surface area contributed by atoms with Crippen molar-refractivity contribution in [1.82, 2.24) is 9.97 Å². The molecule has 1 aromatic heterocycles. The summed E-state index contributed by atoms with van der Waals surface area (Å²) in [4.78, 5) is 42.9. The molecule has 0 aliphatic carbocycles. The number of amides is 1. The molecule has 8 nitrogen and oxygen atoms in total. The summed E-state index contributed by atoms with van der Waals surface area (Å²) in [7, 11) is 0. The predicted molar refractivity (Wildman–Crippen MR) is 114 cm³/mol. The minimum Gasteiger partial charge on any atom is -0.478 e. The summed E-state index contributed by atoms with van der Waals surface area (Å²) in [6.45, 7) is -0.476. The second kappa shape index (κ2) is 8.50. The standard InChI is InChI=1S/C23H17N3O5/c27-20(24-17-9-6-15(7-10-17)22(28)29)13-31-23(30)16-8-11-18-19(12-16)26-21(25-18)14-4-2-1-3-5-14/h1-12H,13H2,(H,24,27)(H,25,26)(H,28,29). The summed E-state index contributed by atoms with van der Waals surface area (Å²) in [6, 6.07) is 20.2. The van der Waals surface area contributed by atoms with Crippen LogP contribution in [0, 0.1) is 0 Å². The summed E-state index contributed by atoms with van der Waals surface area (Å²) in [5.74, 6) is -1.55. The molecule has 0 fully saturated rings. The summed E-state index contributed by atoms with van der Waals surface area (Å²) >= 11 is 0. The van der Waals surface area contributed by atoms with Gasteiger partial charge in [0.2, 0.25) is 0 Å². The van der Waals surface area contributed by atoms with Crippen LogP contribution in [0.1, 0.15) is 20.7 Å². The Bertz CT molecular complexity index is 1260. The van der Waals surface area contributed by atoms with Crippen molar-refractivity contribution in [3.63, 3.8) is 0 Å². The molecule has 0 saturated carbocycles. The van der Waals surface area contributed by atoms with Crippen molar-refractivity contribution in [3.8, 4) is 11.4 Å². The fourth-order valence-corrected chi connectivity index (χ4v) is 2.98. The summed E-state index contributed by atoms with van der Waals surface area (Å²) in [6.07, 6.45) is 0. The number of aromatic amines is 1. The molecule has 0 atom stereocenters. The highest BCUT2D eigenvalue weighted by atomic mass is 16.5. The lowest BCUT2D eigenvalue weighted by Crippen LogP contribution is -2.21. The first-order valence-corrected chi connectivity index (χ1v) is 9.35. The summed E-state index contributed by atoms with van der Waals surface area (Å²) in [5.41, 5.74) is 3.10. The number of carbonyl (C=O) groups excluding carboxylic acids is 2. The van der Waals surface area contributed by atoms with E-state index in [0.717, 1.165) is 5.56 Å². The number of aromatic nitrogens is 2. The van der Waals surface area contributed by atoms with Crippen LogP contribution in [0.2, 0.25) is 0 Å². The molecule has 4 aromatic rings. The van der Waals surface area contributed by atoms with Crippen molar-refractivity contribution >= 4 is 34.6 Å².